The number of amides is 1. The lowest BCUT2D eigenvalue weighted by Gasteiger charge is -2.16. The number of aliphatic hydroxyl groups excluding tert-OH is 1. The van der Waals surface area contributed by atoms with Crippen molar-refractivity contribution in [2.45, 2.75) is 6.42 Å². The van der Waals surface area contributed by atoms with Gasteiger partial charge in [-0.3, -0.25) is 14.9 Å². The second-order valence-electron chi connectivity index (χ2n) is 4.15. The molecule has 6 nitrogen and oxygen atoms in total. The van der Waals surface area contributed by atoms with E-state index in [1.165, 1.54) is 23.1 Å². The number of anilines is 1. The second kappa shape index (κ2) is 4.91. The van der Waals surface area contributed by atoms with Gasteiger partial charge in [-0.25, -0.2) is 0 Å². The van der Waals surface area contributed by atoms with Crippen LogP contribution in [-0.4, -0.2) is 29.1 Å². The summed E-state index contributed by atoms with van der Waals surface area (Å²) in [6.45, 7) is 0.160. The summed E-state index contributed by atoms with van der Waals surface area (Å²) in [5.41, 5.74) is 0.0276. The fraction of sp³-hybridized carbons (Fsp3) is 0.364. The van der Waals surface area contributed by atoms with Crippen molar-refractivity contribution in [1.29, 1.82) is 0 Å². The van der Waals surface area contributed by atoms with Gasteiger partial charge in [0, 0.05) is 36.6 Å². The summed E-state index contributed by atoms with van der Waals surface area (Å²) in [4.78, 5) is 23.5. The molecule has 2 rings (SSSR count). The lowest BCUT2D eigenvalue weighted by atomic mass is 10.1. The average Bonchev–Trinajstić information content (AvgIpc) is 2.70. The summed E-state index contributed by atoms with van der Waals surface area (Å²) in [6, 6.07) is 4.09. The van der Waals surface area contributed by atoms with Crippen molar-refractivity contribution >= 4 is 28.9 Å². The van der Waals surface area contributed by atoms with Crippen LogP contribution < -0.4 is 4.90 Å². The van der Waals surface area contributed by atoms with Crippen LogP contribution in [0, 0.1) is 16.0 Å². The normalized spacial score (nSPS) is 19.3. The summed E-state index contributed by atoms with van der Waals surface area (Å²) in [5.74, 6) is -0.421. The van der Waals surface area contributed by atoms with Gasteiger partial charge in [-0.2, -0.15) is 0 Å². The quantitative estimate of drug-likeness (QED) is 0.668. The molecule has 1 fully saturated rings. The molecule has 18 heavy (non-hydrogen) atoms. The van der Waals surface area contributed by atoms with Crippen LogP contribution in [-0.2, 0) is 4.79 Å². The van der Waals surface area contributed by atoms with E-state index < -0.39 is 4.92 Å². The largest absolute Gasteiger partial charge is 0.396 e. The number of nitrogens with zero attached hydrogens (tertiary/aromatic N) is 2. The predicted octanol–water partition coefficient (Wildman–Crippen LogP) is 1.59. The highest BCUT2D eigenvalue weighted by Gasteiger charge is 2.33. The number of nitro benzene ring substituents is 1. The minimum atomic E-state index is -0.550. The zero-order chi connectivity index (χ0) is 13.3. The Bertz CT molecular complexity index is 506. The SMILES string of the molecule is O=C1CC(CO)CN1c1cc(Cl)ccc1[N+](=O)[O-]. The molecular weight excluding hydrogens is 260 g/mol. The molecule has 1 amide bonds. The standard InChI is InChI=1S/C11H11ClN2O4/c12-8-1-2-9(14(17)18)10(4-8)13-5-7(6-15)3-11(13)16/h1-2,4,7,15H,3,5-6H2. The molecule has 0 saturated carbocycles. The van der Waals surface area contributed by atoms with Crippen molar-refractivity contribution in [3.8, 4) is 0 Å². The van der Waals surface area contributed by atoms with Gasteiger partial charge in [0.25, 0.3) is 5.69 Å². The Balaban J connectivity index is 2.41. The Hall–Kier alpha value is -1.66. The fourth-order valence-corrected chi connectivity index (χ4v) is 2.17. The summed E-state index contributed by atoms with van der Waals surface area (Å²) in [5, 5.41) is 20.3. The van der Waals surface area contributed by atoms with Gasteiger partial charge < -0.3 is 10.0 Å². The Labute approximate surface area is 108 Å². The lowest BCUT2D eigenvalue weighted by Crippen LogP contribution is -2.25. The molecule has 1 aromatic carbocycles. The summed E-state index contributed by atoms with van der Waals surface area (Å²) in [6.07, 6.45) is 0.195. The van der Waals surface area contributed by atoms with Gasteiger partial charge >= 0.3 is 0 Å². The van der Waals surface area contributed by atoms with Gasteiger partial charge in [0.2, 0.25) is 5.91 Å². The van der Waals surface area contributed by atoms with Crippen molar-refractivity contribution in [2.75, 3.05) is 18.1 Å². The van der Waals surface area contributed by atoms with Crippen molar-refractivity contribution in [2.24, 2.45) is 5.92 Å². The van der Waals surface area contributed by atoms with E-state index in [9.17, 15) is 14.9 Å². The molecule has 0 bridgehead atoms. The predicted molar refractivity (Wildman–Crippen MR) is 65.7 cm³/mol. The maximum atomic E-state index is 11.8. The van der Waals surface area contributed by atoms with E-state index in [0.717, 1.165) is 0 Å². The summed E-state index contributed by atoms with van der Waals surface area (Å²) >= 11 is 5.81. The van der Waals surface area contributed by atoms with E-state index in [1.807, 2.05) is 0 Å². The van der Waals surface area contributed by atoms with Crippen LogP contribution in [0.15, 0.2) is 18.2 Å². The van der Waals surface area contributed by atoms with Gasteiger partial charge in [-0.05, 0) is 12.1 Å². The van der Waals surface area contributed by atoms with Crippen LogP contribution in [0.5, 0.6) is 0 Å². The van der Waals surface area contributed by atoms with Crippen LogP contribution >= 0.6 is 11.6 Å². The molecule has 1 aliphatic rings. The highest BCUT2D eigenvalue weighted by Crippen LogP contribution is 2.34. The molecule has 1 atom stereocenters. The van der Waals surface area contributed by atoms with Crippen LogP contribution in [0.1, 0.15) is 6.42 Å². The molecule has 1 aliphatic heterocycles. The molecule has 96 valence electrons. The van der Waals surface area contributed by atoms with Crippen LogP contribution in [0.25, 0.3) is 0 Å². The smallest absolute Gasteiger partial charge is 0.293 e. The molecule has 1 saturated heterocycles. The Morgan fingerprint density at radius 2 is 2.28 bits per heavy atom. The number of carbonyl (C=O) groups excluding carboxylic acids is 1. The third-order valence-electron chi connectivity index (χ3n) is 2.89. The number of hydrogen-bond donors (Lipinski definition) is 1. The Morgan fingerprint density at radius 3 is 2.83 bits per heavy atom. The molecule has 0 spiro atoms. The highest BCUT2D eigenvalue weighted by atomic mass is 35.5. The maximum Gasteiger partial charge on any atom is 0.293 e. The van der Waals surface area contributed by atoms with Gasteiger partial charge in [-0.15, -0.1) is 0 Å². The number of nitro groups is 1. The van der Waals surface area contributed by atoms with E-state index in [2.05, 4.69) is 0 Å². The first-order valence-electron chi connectivity index (χ1n) is 5.38. The van der Waals surface area contributed by atoms with E-state index in [-0.39, 0.29) is 42.8 Å². The van der Waals surface area contributed by atoms with E-state index in [4.69, 9.17) is 16.7 Å². The Kier molecular flexibility index (Phi) is 3.49. The van der Waals surface area contributed by atoms with Crippen molar-refractivity contribution in [1.82, 2.24) is 0 Å². The molecular formula is C11H11ClN2O4. The minimum Gasteiger partial charge on any atom is -0.396 e. The zero-order valence-corrected chi connectivity index (χ0v) is 10.1. The number of aliphatic hydroxyl groups is 1. The minimum absolute atomic E-state index is 0.114. The first-order chi connectivity index (χ1) is 8.52. The average molecular weight is 271 g/mol. The van der Waals surface area contributed by atoms with E-state index in [0.29, 0.717) is 5.02 Å². The maximum absolute atomic E-state index is 11.8. The number of halogens is 1. The number of carbonyl (C=O) groups is 1. The van der Waals surface area contributed by atoms with Gasteiger partial charge in [0.1, 0.15) is 5.69 Å². The Morgan fingerprint density at radius 1 is 1.56 bits per heavy atom. The van der Waals surface area contributed by atoms with Gasteiger partial charge in [0.05, 0.1) is 4.92 Å². The van der Waals surface area contributed by atoms with E-state index in [1.54, 1.807) is 0 Å². The third kappa shape index (κ3) is 2.30. The monoisotopic (exact) mass is 270 g/mol. The lowest BCUT2D eigenvalue weighted by molar-refractivity contribution is -0.384. The van der Waals surface area contributed by atoms with Gasteiger partial charge in [0.15, 0.2) is 0 Å². The van der Waals surface area contributed by atoms with E-state index >= 15 is 0 Å². The molecule has 1 unspecified atom stereocenters. The number of benzene rings is 1. The highest BCUT2D eigenvalue weighted by molar-refractivity contribution is 6.31. The molecule has 1 heterocycles. The molecule has 0 radical (unpaired) electrons. The zero-order valence-electron chi connectivity index (χ0n) is 9.38. The molecule has 0 aromatic heterocycles. The first-order valence-corrected chi connectivity index (χ1v) is 5.76. The van der Waals surface area contributed by atoms with Crippen molar-refractivity contribution < 1.29 is 14.8 Å². The molecule has 1 N–H and O–H groups in total. The van der Waals surface area contributed by atoms with Crippen LogP contribution in [0.4, 0.5) is 11.4 Å². The fourth-order valence-electron chi connectivity index (χ4n) is 2.00. The molecule has 7 heteroatoms. The molecule has 0 aliphatic carbocycles. The van der Waals surface area contributed by atoms with Crippen LogP contribution in [0.2, 0.25) is 5.02 Å². The number of rotatable bonds is 3. The molecule has 1 aromatic rings. The van der Waals surface area contributed by atoms with Crippen molar-refractivity contribution in [3.63, 3.8) is 0 Å². The van der Waals surface area contributed by atoms with Crippen molar-refractivity contribution in [3.05, 3.63) is 33.3 Å². The van der Waals surface area contributed by atoms with Crippen LogP contribution in [0.3, 0.4) is 0 Å². The number of hydrogen-bond acceptors (Lipinski definition) is 4. The van der Waals surface area contributed by atoms with Gasteiger partial charge in [-0.1, -0.05) is 11.6 Å². The summed E-state index contributed by atoms with van der Waals surface area (Å²) in [7, 11) is 0. The topological polar surface area (TPSA) is 83.7 Å². The third-order valence-corrected chi connectivity index (χ3v) is 3.12. The first kappa shape index (κ1) is 12.8. The second-order valence-corrected chi connectivity index (χ2v) is 4.58. The summed E-state index contributed by atoms with van der Waals surface area (Å²) < 4.78 is 0.